The molecule has 0 saturated heterocycles. The summed E-state index contributed by atoms with van der Waals surface area (Å²) in [6, 6.07) is 5.52. The van der Waals surface area contributed by atoms with Crippen LogP contribution in [0.15, 0.2) is 24.3 Å². The monoisotopic (exact) mass is 350 g/mol. The van der Waals surface area contributed by atoms with E-state index in [1.54, 1.807) is 12.1 Å². The van der Waals surface area contributed by atoms with Gasteiger partial charge in [0.25, 0.3) is 0 Å². The number of hydrogen-bond acceptors (Lipinski definition) is 0. The number of rotatable bonds is 7. The fourth-order valence-electron chi connectivity index (χ4n) is 2.47. The van der Waals surface area contributed by atoms with E-state index >= 15 is 0 Å². The molecule has 0 heterocycles. The zero-order chi connectivity index (χ0) is 15.2. The Kier molecular flexibility index (Phi) is 7.07. The summed E-state index contributed by atoms with van der Waals surface area (Å²) in [6.07, 6.45) is 1.12. The highest BCUT2D eigenvalue weighted by molar-refractivity contribution is 9.09. The van der Waals surface area contributed by atoms with Gasteiger partial charge in [-0.2, -0.15) is 13.2 Å². The molecule has 20 heavy (non-hydrogen) atoms. The van der Waals surface area contributed by atoms with Gasteiger partial charge in [0.2, 0.25) is 0 Å². The summed E-state index contributed by atoms with van der Waals surface area (Å²) in [7, 11) is 0. The molecule has 4 heteroatoms. The maximum absolute atomic E-state index is 12.5. The quantitative estimate of drug-likeness (QED) is 0.511. The largest absolute Gasteiger partial charge is 0.416 e. The van der Waals surface area contributed by atoms with E-state index in [1.165, 1.54) is 12.1 Å². The average molecular weight is 351 g/mol. The maximum atomic E-state index is 12.5. The summed E-state index contributed by atoms with van der Waals surface area (Å²) < 4.78 is 37.5. The van der Waals surface area contributed by atoms with Gasteiger partial charge < -0.3 is 0 Å². The number of benzene rings is 1. The van der Waals surface area contributed by atoms with Gasteiger partial charge in [-0.1, -0.05) is 54.8 Å². The van der Waals surface area contributed by atoms with Crippen LogP contribution in [0.5, 0.6) is 0 Å². The highest BCUT2D eigenvalue weighted by Gasteiger charge is 2.30. The molecule has 1 rings (SSSR count). The SMILES string of the molecule is CCCC(CCC)C(Br)Cc1ccc(C(F)(F)F)cc1. The lowest BCUT2D eigenvalue weighted by molar-refractivity contribution is -0.137. The third-order valence-corrected chi connectivity index (χ3v) is 4.61. The first kappa shape index (κ1) is 17.5. The molecule has 0 spiro atoms. The zero-order valence-corrected chi connectivity index (χ0v) is 13.6. The lowest BCUT2D eigenvalue weighted by Gasteiger charge is -2.22. The van der Waals surface area contributed by atoms with Crippen LogP contribution in [0.3, 0.4) is 0 Å². The highest BCUT2D eigenvalue weighted by Crippen LogP contribution is 2.30. The lowest BCUT2D eigenvalue weighted by atomic mass is 9.91. The van der Waals surface area contributed by atoms with Gasteiger partial charge in [0.1, 0.15) is 0 Å². The molecule has 1 unspecified atom stereocenters. The minimum absolute atomic E-state index is 0.333. The molecule has 0 saturated carbocycles. The second-order valence-electron chi connectivity index (χ2n) is 5.25. The van der Waals surface area contributed by atoms with Gasteiger partial charge in [-0.15, -0.1) is 0 Å². The molecule has 0 bridgehead atoms. The number of halogens is 4. The Labute approximate surface area is 127 Å². The van der Waals surface area contributed by atoms with E-state index in [9.17, 15) is 13.2 Å². The fourth-order valence-corrected chi connectivity index (χ4v) is 3.37. The number of alkyl halides is 4. The van der Waals surface area contributed by atoms with E-state index in [0.29, 0.717) is 10.7 Å². The molecule has 1 aromatic carbocycles. The van der Waals surface area contributed by atoms with Gasteiger partial charge in [0, 0.05) is 4.83 Å². The first-order valence-corrected chi connectivity index (χ1v) is 8.10. The van der Waals surface area contributed by atoms with E-state index in [1.807, 2.05) is 0 Å². The van der Waals surface area contributed by atoms with Gasteiger partial charge >= 0.3 is 6.18 Å². The topological polar surface area (TPSA) is 0 Å². The zero-order valence-electron chi connectivity index (χ0n) is 12.0. The van der Waals surface area contributed by atoms with Gasteiger partial charge in [-0.3, -0.25) is 0 Å². The van der Waals surface area contributed by atoms with Gasteiger partial charge in [-0.05, 0) is 42.9 Å². The predicted octanol–water partition coefficient (Wildman–Crippen LogP) is 6.23. The summed E-state index contributed by atoms with van der Waals surface area (Å²) in [5.74, 6) is 0.590. The van der Waals surface area contributed by atoms with Crippen LogP contribution in [0.1, 0.15) is 50.7 Å². The first-order valence-electron chi connectivity index (χ1n) is 7.18. The molecule has 0 amide bonds. The Morgan fingerprint density at radius 3 is 1.90 bits per heavy atom. The van der Waals surface area contributed by atoms with Crippen molar-refractivity contribution in [3.63, 3.8) is 0 Å². The summed E-state index contributed by atoms with van der Waals surface area (Å²) in [5, 5.41) is 0. The van der Waals surface area contributed by atoms with E-state index in [2.05, 4.69) is 29.8 Å². The van der Waals surface area contributed by atoms with Gasteiger partial charge in [-0.25, -0.2) is 0 Å². The summed E-state index contributed by atoms with van der Waals surface area (Å²) in [6.45, 7) is 4.33. The Morgan fingerprint density at radius 2 is 1.50 bits per heavy atom. The molecule has 0 aliphatic rings. The molecule has 0 nitrogen and oxygen atoms in total. The molecule has 0 radical (unpaired) electrons. The van der Waals surface area contributed by atoms with Crippen LogP contribution in [0, 0.1) is 5.92 Å². The maximum Gasteiger partial charge on any atom is 0.416 e. The van der Waals surface area contributed by atoms with Crippen LogP contribution in [0.4, 0.5) is 13.2 Å². The molecule has 0 aliphatic carbocycles. The first-order chi connectivity index (χ1) is 9.38. The van der Waals surface area contributed by atoms with Crippen molar-refractivity contribution in [2.75, 3.05) is 0 Å². The van der Waals surface area contributed by atoms with Crippen LogP contribution in [-0.4, -0.2) is 4.83 Å². The second-order valence-corrected chi connectivity index (χ2v) is 6.43. The van der Waals surface area contributed by atoms with E-state index in [0.717, 1.165) is 37.7 Å². The second kappa shape index (κ2) is 8.06. The summed E-state index contributed by atoms with van der Waals surface area (Å²) in [4.78, 5) is 0.333. The number of hydrogen-bond donors (Lipinski definition) is 0. The van der Waals surface area contributed by atoms with Crippen LogP contribution in [0.2, 0.25) is 0 Å². The molecular weight excluding hydrogens is 329 g/mol. The Hall–Kier alpha value is -0.510. The fraction of sp³-hybridized carbons (Fsp3) is 0.625. The molecule has 1 aromatic rings. The van der Waals surface area contributed by atoms with Gasteiger partial charge in [0.15, 0.2) is 0 Å². The van der Waals surface area contributed by atoms with Crippen molar-refractivity contribution in [3.05, 3.63) is 35.4 Å². The van der Waals surface area contributed by atoms with E-state index in [-0.39, 0.29) is 0 Å². The molecular formula is C16H22BrF3. The third kappa shape index (κ3) is 5.47. The third-order valence-electron chi connectivity index (χ3n) is 3.54. The van der Waals surface area contributed by atoms with E-state index in [4.69, 9.17) is 0 Å². The molecule has 0 fully saturated rings. The Balaban J connectivity index is 2.67. The lowest BCUT2D eigenvalue weighted by Crippen LogP contribution is -2.17. The highest BCUT2D eigenvalue weighted by atomic mass is 79.9. The van der Waals surface area contributed by atoms with Crippen molar-refractivity contribution in [3.8, 4) is 0 Å². The summed E-state index contributed by atoms with van der Waals surface area (Å²) in [5.41, 5.74) is 0.378. The van der Waals surface area contributed by atoms with Gasteiger partial charge in [0.05, 0.1) is 5.56 Å². The normalized spacial score (nSPS) is 13.8. The van der Waals surface area contributed by atoms with Crippen LogP contribution in [0.25, 0.3) is 0 Å². The molecule has 114 valence electrons. The summed E-state index contributed by atoms with van der Waals surface area (Å²) >= 11 is 3.72. The van der Waals surface area contributed by atoms with E-state index < -0.39 is 11.7 Å². The standard InChI is InChI=1S/C16H22BrF3/c1-3-5-13(6-4-2)15(17)11-12-7-9-14(10-8-12)16(18,19)20/h7-10,13,15H,3-6,11H2,1-2H3. The molecule has 0 N–H and O–H groups in total. The van der Waals surface area contributed by atoms with Crippen LogP contribution < -0.4 is 0 Å². The minimum atomic E-state index is -4.25. The predicted molar refractivity (Wildman–Crippen MR) is 81.2 cm³/mol. The van der Waals surface area contributed by atoms with Crippen LogP contribution >= 0.6 is 15.9 Å². The molecule has 0 aliphatic heterocycles. The smallest absolute Gasteiger partial charge is 0.166 e. The Bertz CT molecular complexity index is 378. The van der Waals surface area contributed by atoms with Crippen molar-refractivity contribution >= 4 is 15.9 Å². The Morgan fingerprint density at radius 1 is 1.00 bits per heavy atom. The van der Waals surface area contributed by atoms with Crippen LogP contribution in [-0.2, 0) is 12.6 Å². The molecule has 0 aromatic heterocycles. The van der Waals surface area contributed by atoms with Crippen molar-refractivity contribution in [2.24, 2.45) is 5.92 Å². The van der Waals surface area contributed by atoms with Crippen molar-refractivity contribution in [1.29, 1.82) is 0 Å². The van der Waals surface area contributed by atoms with Crippen molar-refractivity contribution in [1.82, 2.24) is 0 Å². The minimum Gasteiger partial charge on any atom is -0.166 e. The average Bonchev–Trinajstić information content (AvgIpc) is 2.38. The van der Waals surface area contributed by atoms with Crippen molar-refractivity contribution in [2.45, 2.75) is 57.0 Å². The molecule has 1 atom stereocenters. The van der Waals surface area contributed by atoms with Crippen molar-refractivity contribution < 1.29 is 13.2 Å².